The summed E-state index contributed by atoms with van der Waals surface area (Å²) in [5.74, 6) is -0.0197. The molecule has 0 unspecified atom stereocenters. The van der Waals surface area contributed by atoms with E-state index >= 15 is 0 Å². The first kappa shape index (κ1) is 15.4. The normalized spacial score (nSPS) is 15.1. The van der Waals surface area contributed by atoms with Crippen LogP contribution >= 0.6 is 22.9 Å². The number of likely N-dealkylation sites (tertiary alicyclic amines) is 1. The van der Waals surface area contributed by atoms with Crippen LogP contribution in [0.3, 0.4) is 0 Å². The number of carbonyl (C=O) groups excluding carboxylic acids is 1. The summed E-state index contributed by atoms with van der Waals surface area (Å²) < 4.78 is 0. The van der Waals surface area contributed by atoms with Crippen LogP contribution in [0.4, 0.5) is 5.13 Å². The first-order chi connectivity index (χ1) is 10.7. The number of amides is 1. The fourth-order valence-corrected chi connectivity index (χ4v) is 3.55. The standard InChI is InChI=1S/C15H17ClN4OS/c16-12-6-2-1-5-11(12)14-18-19-15(22-14)17-13(21)7-10-20-8-3-4-9-20/h1-2,5-6H,3-4,7-10H2,(H,17,19,21). The van der Waals surface area contributed by atoms with Gasteiger partial charge >= 0.3 is 0 Å². The maximum atomic E-state index is 12.0. The third kappa shape index (κ3) is 3.82. The minimum absolute atomic E-state index is 0.0197. The number of anilines is 1. The molecule has 0 atom stereocenters. The summed E-state index contributed by atoms with van der Waals surface area (Å²) in [5.41, 5.74) is 0.833. The molecule has 5 nitrogen and oxygen atoms in total. The summed E-state index contributed by atoms with van der Waals surface area (Å²) in [4.78, 5) is 14.3. The van der Waals surface area contributed by atoms with Crippen molar-refractivity contribution in [3.63, 3.8) is 0 Å². The van der Waals surface area contributed by atoms with Crippen LogP contribution in [0, 0.1) is 0 Å². The van der Waals surface area contributed by atoms with E-state index in [4.69, 9.17) is 11.6 Å². The van der Waals surface area contributed by atoms with Gasteiger partial charge < -0.3 is 10.2 Å². The molecule has 0 spiro atoms. The van der Waals surface area contributed by atoms with Crippen molar-refractivity contribution in [2.24, 2.45) is 0 Å². The number of nitrogens with zero attached hydrogens (tertiary/aromatic N) is 3. The topological polar surface area (TPSA) is 58.1 Å². The second-order valence-corrected chi connectivity index (χ2v) is 6.62. The molecule has 0 radical (unpaired) electrons. The minimum Gasteiger partial charge on any atom is -0.303 e. The minimum atomic E-state index is -0.0197. The number of aromatic nitrogens is 2. The summed E-state index contributed by atoms with van der Waals surface area (Å²) in [6, 6.07) is 7.47. The Labute approximate surface area is 138 Å². The average Bonchev–Trinajstić information content (AvgIpc) is 3.17. The molecule has 22 heavy (non-hydrogen) atoms. The van der Waals surface area contributed by atoms with Crippen LogP contribution in [0.25, 0.3) is 10.6 Å². The van der Waals surface area contributed by atoms with Gasteiger partial charge in [-0.1, -0.05) is 41.1 Å². The highest BCUT2D eigenvalue weighted by Gasteiger charge is 2.15. The van der Waals surface area contributed by atoms with Crippen molar-refractivity contribution in [3.05, 3.63) is 29.3 Å². The SMILES string of the molecule is O=C(CCN1CCCC1)Nc1nnc(-c2ccccc2Cl)s1. The lowest BCUT2D eigenvalue weighted by Crippen LogP contribution is -2.25. The Hall–Kier alpha value is -1.50. The first-order valence-electron chi connectivity index (χ1n) is 7.33. The Bertz CT molecular complexity index is 654. The quantitative estimate of drug-likeness (QED) is 0.910. The molecule has 1 saturated heterocycles. The maximum absolute atomic E-state index is 12.0. The van der Waals surface area contributed by atoms with Crippen molar-refractivity contribution >= 4 is 34.0 Å². The zero-order valence-electron chi connectivity index (χ0n) is 12.1. The molecule has 2 heterocycles. The summed E-state index contributed by atoms with van der Waals surface area (Å²) in [6.07, 6.45) is 2.96. The Balaban J connectivity index is 1.57. The highest BCUT2D eigenvalue weighted by molar-refractivity contribution is 7.18. The molecule has 1 aliphatic rings. The number of hydrogen-bond donors (Lipinski definition) is 1. The van der Waals surface area contributed by atoms with Crippen LogP contribution in [-0.4, -0.2) is 40.6 Å². The van der Waals surface area contributed by atoms with E-state index in [0.29, 0.717) is 21.6 Å². The molecule has 1 aliphatic heterocycles. The number of halogens is 1. The molecular formula is C15H17ClN4OS. The molecule has 0 bridgehead atoms. The summed E-state index contributed by atoms with van der Waals surface area (Å²) in [7, 11) is 0. The molecule has 1 N–H and O–H groups in total. The van der Waals surface area contributed by atoms with Gasteiger partial charge in [0.05, 0.1) is 5.02 Å². The monoisotopic (exact) mass is 336 g/mol. The smallest absolute Gasteiger partial charge is 0.227 e. The van der Waals surface area contributed by atoms with E-state index in [1.54, 1.807) is 0 Å². The van der Waals surface area contributed by atoms with Gasteiger partial charge in [0.2, 0.25) is 11.0 Å². The molecule has 1 amide bonds. The molecular weight excluding hydrogens is 320 g/mol. The first-order valence-corrected chi connectivity index (χ1v) is 8.52. The highest BCUT2D eigenvalue weighted by atomic mass is 35.5. The molecule has 1 aromatic carbocycles. The Morgan fingerprint density at radius 2 is 2.05 bits per heavy atom. The lowest BCUT2D eigenvalue weighted by atomic mass is 10.2. The molecule has 0 aliphatic carbocycles. The van der Waals surface area contributed by atoms with Crippen LogP contribution in [0.2, 0.25) is 5.02 Å². The van der Waals surface area contributed by atoms with E-state index in [1.165, 1.54) is 24.2 Å². The summed E-state index contributed by atoms with van der Waals surface area (Å²) in [5, 5.41) is 12.8. The fourth-order valence-electron chi connectivity index (χ4n) is 2.46. The summed E-state index contributed by atoms with van der Waals surface area (Å²) in [6.45, 7) is 3.01. The van der Waals surface area contributed by atoms with Crippen molar-refractivity contribution < 1.29 is 4.79 Å². The zero-order chi connectivity index (χ0) is 15.4. The summed E-state index contributed by atoms with van der Waals surface area (Å²) >= 11 is 7.48. The Morgan fingerprint density at radius 1 is 1.27 bits per heavy atom. The Morgan fingerprint density at radius 3 is 2.82 bits per heavy atom. The van der Waals surface area contributed by atoms with Crippen LogP contribution in [0.5, 0.6) is 0 Å². The van der Waals surface area contributed by atoms with Gasteiger partial charge in [-0.3, -0.25) is 4.79 Å². The van der Waals surface area contributed by atoms with Crippen molar-refractivity contribution in [2.75, 3.05) is 25.0 Å². The van der Waals surface area contributed by atoms with Crippen LogP contribution in [0.1, 0.15) is 19.3 Å². The van der Waals surface area contributed by atoms with Crippen LogP contribution in [0.15, 0.2) is 24.3 Å². The second-order valence-electron chi connectivity index (χ2n) is 5.24. The van der Waals surface area contributed by atoms with Gasteiger partial charge in [-0.2, -0.15) is 0 Å². The van der Waals surface area contributed by atoms with E-state index in [9.17, 15) is 4.79 Å². The van der Waals surface area contributed by atoms with Crippen LogP contribution < -0.4 is 5.32 Å². The predicted molar refractivity (Wildman–Crippen MR) is 89.3 cm³/mol. The van der Waals surface area contributed by atoms with Gasteiger partial charge in [0.25, 0.3) is 0 Å². The number of benzene rings is 1. The highest BCUT2D eigenvalue weighted by Crippen LogP contribution is 2.31. The largest absolute Gasteiger partial charge is 0.303 e. The van der Waals surface area contributed by atoms with Gasteiger partial charge in [0.1, 0.15) is 0 Å². The van der Waals surface area contributed by atoms with Gasteiger partial charge in [-0.15, -0.1) is 10.2 Å². The van der Waals surface area contributed by atoms with Crippen molar-refractivity contribution in [3.8, 4) is 10.6 Å². The predicted octanol–water partition coefficient (Wildman–Crippen LogP) is 3.28. The fraction of sp³-hybridized carbons (Fsp3) is 0.400. The molecule has 1 aromatic heterocycles. The van der Waals surface area contributed by atoms with Gasteiger partial charge in [0, 0.05) is 18.5 Å². The van der Waals surface area contributed by atoms with Gasteiger partial charge in [-0.05, 0) is 32.0 Å². The second kappa shape index (κ2) is 7.17. The third-order valence-electron chi connectivity index (χ3n) is 3.63. The van der Waals surface area contributed by atoms with Crippen molar-refractivity contribution in [1.29, 1.82) is 0 Å². The van der Waals surface area contributed by atoms with Gasteiger partial charge in [-0.25, -0.2) is 0 Å². The average molecular weight is 337 g/mol. The van der Waals surface area contributed by atoms with E-state index < -0.39 is 0 Å². The number of rotatable bonds is 5. The zero-order valence-corrected chi connectivity index (χ0v) is 13.7. The molecule has 3 rings (SSSR count). The van der Waals surface area contributed by atoms with Gasteiger partial charge in [0.15, 0.2) is 5.01 Å². The van der Waals surface area contributed by atoms with Crippen molar-refractivity contribution in [1.82, 2.24) is 15.1 Å². The lowest BCUT2D eigenvalue weighted by Gasteiger charge is -2.13. The third-order valence-corrected chi connectivity index (χ3v) is 4.83. The maximum Gasteiger partial charge on any atom is 0.227 e. The Kier molecular flexibility index (Phi) is 5.02. The van der Waals surface area contributed by atoms with E-state index in [-0.39, 0.29) is 5.91 Å². The van der Waals surface area contributed by atoms with E-state index in [2.05, 4.69) is 20.4 Å². The number of carbonyl (C=O) groups is 1. The lowest BCUT2D eigenvalue weighted by molar-refractivity contribution is -0.116. The molecule has 7 heteroatoms. The van der Waals surface area contributed by atoms with Crippen LogP contribution in [-0.2, 0) is 4.79 Å². The molecule has 0 saturated carbocycles. The van der Waals surface area contributed by atoms with E-state index in [1.807, 2.05) is 24.3 Å². The number of hydrogen-bond acceptors (Lipinski definition) is 5. The molecule has 116 valence electrons. The van der Waals surface area contributed by atoms with E-state index in [0.717, 1.165) is 25.2 Å². The molecule has 1 fully saturated rings. The molecule has 2 aromatic rings. The number of nitrogens with one attached hydrogen (secondary N) is 1. The van der Waals surface area contributed by atoms with Crippen molar-refractivity contribution in [2.45, 2.75) is 19.3 Å².